The summed E-state index contributed by atoms with van der Waals surface area (Å²) in [4.78, 5) is 16.1. The lowest BCUT2D eigenvalue weighted by atomic mass is 10.2. The Bertz CT molecular complexity index is 517. The molecule has 0 unspecified atom stereocenters. The van der Waals surface area contributed by atoms with Gasteiger partial charge in [0, 0.05) is 36.7 Å². The number of anilines is 1. The number of amides is 1. The van der Waals surface area contributed by atoms with Crippen molar-refractivity contribution in [2.24, 2.45) is 4.99 Å². The van der Waals surface area contributed by atoms with E-state index in [0.29, 0.717) is 13.0 Å². The zero-order chi connectivity index (χ0) is 16.4. The first-order chi connectivity index (χ1) is 10.6. The Morgan fingerprint density at radius 3 is 2.68 bits per heavy atom. The minimum Gasteiger partial charge on any atom is -0.356 e. The summed E-state index contributed by atoms with van der Waals surface area (Å²) >= 11 is 3.41. The van der Waals surface area contributed by atoms with E-state index in [1.165, 1.54) is 0 Å². The quantitative estimate of drug-likeness (QED) is 0.393. The van der Waals surface area contributed by atoms with Gasteiger partial charge in [0.15, 0.2) is 5.96 Å². The highest BCUT2D eigenvalue weighted by Gasteiger charge is 2.06. The molecule has 1 amide bonds. The molecule has 0 saturated carbocycles. The predicted molar refractivity (Wildman–Crippen MR) is 96.4 cm³/mol. The lowest BCUT2D eigenvalue weighted by Crippen LogP contribution is -2.39. The zero-order valence-electron chi connectivity index (χ0n) is 13.5. The van der Waals surface area contributed by atoms with E-state index in [-0.39, 0.29) is 5.91 Å². The molecule has 0 saturated heterocycles. The molecule has 3 N–H and O–H groups in total. The van der Waals surface area contributed by atoms with Crippen LogP contribution < -0.4 is 16.0 Å². The number of halogens is 1. The minimum atomic E-state index is -0.0160. The van der Waals surface area contributed by atoms with Gasteiger partial charge < -0.3 is 16.0 Å². The maximum absolute atomic E-state index is 12.0. The molecule has 0 radical (unpaired) electrons. The Labute approximate surface area is 141 Å². The van der Waals surface area contributed by atoms with E-state index in [1.807, 2.05) is 25.1 Å². The summed E-state index contributed by atoms with van der Waals surface area (Å²) in [5, 5.41) is 9.28. The van der Waals surface area contributed by atoms with Crippen molar-refractivity contribution in [2.45, 2.75) is 33.1 Å². The van der Waals surface area contributed by atoms with Crippen molar-refractivity contribution in [3.63, 3.8) is 0 Å². The van der Waals surface area contributed by atoms with Crippen molar-refractivity contribution < 1.29 is 4.79 Å². The Morgan fingerprint density at radius 2 is 2.00 bits per heavy atom. The SMILES string of the molecule is CCCCNC(=NC)NCCC(=O)Nc1cc(Br)ccc1C. The van der Waals surface area contributed by atoms with E-state index in [9.17, 15) is 4.79 Å². The second kappa shape index (κ2) is 10.2. The van der Waals surface area contributed by atoms with Crippen LogP contribution in [0.3, 0.4) is 0 Å². The molecule has 0 aliphatic carbocycles. The second-order valence-corrected chi connectivity index (χ2v) is 5.95. The average Bonchev–Trinajstić information content (AvgIpc) is 2.49. The van der Waals surface area contributed by atoms with Gasteiger partial charge in [0.05, 0.1) is 0 Å². The van der Waals surface area contributed by atoms with E-state index in [0.717, 1.165) is 41.1 Å². The van der Waals surface area contributed by atoms with Gasteiger partial charge in [0.25, 0.3) is 0 Å². The van der Waals surface area contributed by atoms with Crippen LogP contribution in [-0.4, -0.2) is 32.0 Å². The fourth-order valence-corrected chi connectivity index (χ4v) is 2.20. The number of benzene rings is 1. The number of aryl methyl sites for hydroxylation is 1. The molecule has 1 aromatic rings. The van der Waals surface area contributed by atoms with Gasteiger partial charge >= 0.3 is 0 Å². The zero-order valence-corrected chi connectivity index (χ0v) is 15.1. The van der Waals surface area contributed by atoms with Gasteiger partial charge in [-0.3, -0.25) is 9.79 Å². The molecular formula is C16H25BrN4O. The Hall–Kier alpha value is -1.56. The van der Waals surface area contributed by atoms with Gasteiger partial charge in [0.2, 0.25) is 5.91 Å². The number of carbonyl (C=O) groups is 1. The van der Waals surface area contributed by atoms with Crippen LogP contribution in [0.15, 0.2) is 27.7 Å². The van der Waals surface area contributed by atoms with Gasteiger partial charge in [-0.15, -0.1) is 0 Å². The van der Waals surface area contributed by atoms with Crippen molar-refractivity contribution >= 4 is 33.5 Å². The minimum absolute atomic E-state index is 0.0160. The third-order valence-electron chi connectivity index (χ3n) is 3.16. The molecule has 1 aromatic carbocycles. The maximum Gasteiger partial charge on any atom is 0.226 e. The number of rotatable bonds is 7. The van der Waals surface area contributed by atoms with Gasteiger partial charge in [-0.25, -0.2) is 0 Å². The van der Waals surface area contributed by atoms with Crippen LogP contribution in [0, 0.1) is 6.92 Å². The third kappa shape index (κ3) is 6.93. The number of guanidine groups is 1. The number of unbranched alkanes of at least 4 members (excludes halogenated alkanes) is 1. The summed E-state index contributed by atoms with van der Waals surface area (Å²) in [7, 11) is 1.73. The highest BCUT2D eigenvalue weighted by molar-refractivity contribution is 9.10. The number of hydrogen-bond donors (Lipinski definition) is 3. The van der Waals surface area contributed by atoms with Crippen LogP contribution in [0.4, 0.5) is 5.69 Å². The van der Waals surface area contributed by atoms with Crippen molar-refractivity contribution in [3.05, 3.63) is 28.2 Å². The smallest absolute Gasteiger partial charge is 0.226 e. The Balaban J connectivity index is 2.35. The van der Waals surface area contributed by atoms with Gasteiger partial charge in [-0.1, -0.05) is 35.3 Å². The molecule has 0 atom stereocenters. The molecule has 0 aliphatic heterocycles. The average molecular weight is 369 g/mol. The maximum atomic E-state index is 12.0. The molecule has 0 bridgehead atoms. The third-order valence-corrected chi connectivity index (χ3v) is 3.66. The second-order valence-electron chi connectivity index (χ2n) is 5.04. The molecular weight excluding hydrogens is 344 g/mol. The molecule has 22 heavy (non-hydrogen) atoms. The molecule has 122 valence electrons. The van der Waals surface area contributed by atoms with Crippen LogP contribution in [-0.2, 0) is 4.79 Å². The lowest BCUT2D eigenvalue weighted by Gasteiger charge is -2.12. The molecule has 6 heteroatoms. The van der Waals surface area contributed by atoms with Crippen molar-refractivity contribution in [1.82, 2.24) is 10.6 Å². The summed E-state index contributed by atoms with van der Waals surface area (Å²) in [6.07, 6.45) is 2.63. The molecule has 0 aliphatic rings. The monoisotopic (exact) mass is 368 g/mol. The first kappa shape index (κ1) is 18.5. The molecule has 1 rings (SSSR count). The molecule has 5 nitrogen and oxygen atoms in total. The van der Waals surface area contributed by atoms with Crippen LogP contribution in [0.5, 0.6) is 0 Å². The number of nitrogens with one attached hydrogen (secondary N) is 3. The first-order valence-corrected chi connectivity index (χ1v) is 8.36. The first-order valence-electron chi connectivity index (χ1n) is 7.57. The van der Waals surface area contributed by atoms with E-state index in [2.05, 4.69) is 43.8 Å². The number of hydrogen-bond acceptors (Lipinski definition) is 2. The number of carbonyl (C=O) groups excluding carboxylic acids is 1. The van der Waals surface area contributed by atoms with Gasteiger partial charge in [-0.05, 0) is 31.0 Å². The van der Waals surface area contributed by atoms with Crippen LogP contribution in [0.1, 0.15) is 31.7 Å². The van der Waals surface area contributed by atoms with E-state index in [1.54, 1.807) is 7.05 Å². The topological polar surface area (TPSA) is 65.5 Å². The molecule has 0 aromatic heterocycles. The van der Waals surface area contributed by atoms with Crippen LogP contribution in [0.2, 0.25) is 0 Å². The Kier molecular flexibility index (Phi) is 8.58. The summed E-state index contributed by atoms with van der Waals surface area (Å²) in [6.45, 7) is 5.55. The number of aliphatic imine (C=N–C) groups is 1. The van der Waals surface area contributed by atoms with Crippen LogP contribution in [0.25, 0.3) is 0 Å². The van der Waals surface area contributed by atoms with E-state index in [4.69, 9.17) is 0 Å². The van der Waals surface area contributed by atoms with Crippen LogP contribution >= 0.6 is 15.9 Å². The van der Waals surface area contributed by atoms with Crippen molar-refractivity contribution in [1.29, 1.82) is 0 Å². The summed E-state index contributed by atoms with van der Waals surface area (Å²) < 4.78 is 0.951. The van der Waals surface area contributed by atoms with Gasteiger partial charge in [-0.2, -0.15) is 0 Å². The lowest BCUT2D eigenvalue weighted by molar-refractivity contribution is -0.116. The largest absolute Gasteiger partial charge is 0.356 e. The van der Waals surface area contributed by atoms with Crippen molar-refractivity contribution in [3.8, 4) is 0 Å². The predicted octanol–water partition coefficient (Wildman–Crippen LogP) is 3.05. The summed E-state index contributed by atoms with van der Waals surface area (Å²) in [5.74, 6) is 0.720. The van der Waals surface area contributed by atoms with E-state index < -0.39 is 0 Å². The van der Waals surface area contributed by atoms with Gasteiger partial charge in [0.1, 0.15) is 0 Å². The fraction of sp³-hybridized carbons (Fsp3) is 0.500. The van der Waals surface area contributed by atoms with Crippen molar-refractivity contribution in [2.75, 3.05) is 25.5 Å². The summed E-state index contributed by atoms with van der Waals surface area (Å²) in [6, 6.07) is 5.84. The fourth-order valence-electron chi connectivity index (χ4n) is 1.84. The number of nitrogens with zero attached hydrogens (tertiary/aromatic N) is 1. The highest BCUT2D eigenvalue weighted by atomic mass is 79.9. The standard InChI is InChI=1S/C16H25BrN4O/c1-4-5-9-19-16(18-3)20-10-8-15(22)21-14-11-13(17)7-6-12(14)2/h6-7,11H,4-5,8-10H2,1-3H3,(H,21,22)(H2,18,19,20). The summed E-state index contributed by atoms with van der Waals surface area (Å²) in [5.41, 5.74) is 1.88. The van der Waals surface area contributed by atoms with E-state index >= 15 is 0 Å². The highest BCUT2D eigenvalue weighted by Crippen LogP contribution is 2.20. The molecule has 0 fully saturated rings. The molecule has 0 heterocycles. The molecule has 0 spiro atoms. The normalized spacial score (nSPS) is 11.2. The Morgan fingerprint density at radius 1 is 1.27 bits per heavy atom.